The average molecular weight is 415 g/mol. The highest BCUT2D eigenvalue weighted by Crippen LogP contribution is 2.37. The lowest BCUT2D eigenvalue weighted by atomic mass is 9.95. The predicted molar refractivity (Wildman–Crippen MR) is 111 cm³/mol. The second-order valence-corrected chi connectivity index (χ2v) is 8.33. The smallest absolute Gasteiger partial charge is 0.170 e. The van der Waals surface area contributed by atoms with E-state index in [0.717, 1.165) is 28.6 Å². The molecule has 3 aromatic rings. The lowest BCUT2D eigenvalue weighted by Crippen LogP contribution is -2.26. The van der Waals surface area contributed by atoms with Crippen LogP contribution in [0.25, 0.3) is 10.2 Å². The first-order valence-corrected chi connectivity index (χ1v) is 10.4. The van der Waals surface area contributed by atoms with Gasteiger partial charge in [0, 0.05) is 6.07 Å². The van der Waals surface area contributed by atoms with Gasteiger partial charge in [-0.1, -0.05) is 0 Å². The van der Waals surface area contributed by atoms with Crippen molar-refractivity contribution in [3.8, 4) is 5.75 Å². The fourth-order valence-electron chi connectivity index (χ4n) is 3.67. The molecule has 1 saturated carbocycles. The zero-order chi connectivity index (χ0) is 20.5. The van der Waals surface area contributed by atoms with Crippen molar-refractivity contribution in [2.75, 3.05) is 5.32 Å². The van der Waals surface area contributed by atoms with Crippen LogP contribution < -0.4 is 10.1 Å². The van der Waals surface area contributed by atoms with Gasteiger partial charge in [-0.25, -0.2) is 14.4 Å². The van der Waals surface area contributed by atoms with E-state index in [4.69, 9.17) is 4.74 Å². The van der Waals surface area contributed by atoms with Gasteiger partial charge < -0.3 is 15.2 Å². The summed E-state index contributed by atoms with van der Waals surface area (Å²) < 4.78 is 20.0. The molecule has 8 heteroatoms. The first-order valence-electron chi connectivity index (χ1n) is 9.58. The number of carbonyl (C=O) groups excluding carboxylic acids is 1. The van der Waals surface area contributed by atoms with Crippen LogP contribution in [0.4, 0.5) is 15.9 Å². The number of aliphatic hydroxyl groups excluding tert-OH is 1. The van der Waals surface area contributed by atoms with Gasteiger partial charge >= 0.3 is 0 Å². The van der Waals surface area contributed by atoms with Crippen molar-refractivity contribution in [3.63, 3.8) is 0 Å². The summed E-state index contributed by atoms with van der Waals surface area (Å²) in [6, 6.07) is 4.33. The molecule has 4 rings (SSSR count). The molecule has 2 N–H and O–H groups in total. The molecule has 6 nitrogen and oxygen atoms in total. The summed E-state index contributed by atoms with van der Waals surface area (Å²) in [5.74, 6) is 0.547. The number of benzene rings is 1. The Morgan fingerprint density at radius 2 is 2.03 bits per heavy atom. The van der Waals surface area contributed by atoms with Crippen LogP contribution in [0, 0.1) is 12.7 Å². The number of fused-ring (bicyclic) bond motifs is 1. The number of Topliss-reactive ketones (excluding diaryl/α,β-unsaturated/α-hetero) is 1. The molecule has 1 aliphatic rings. The third-order valence-electron chi connectivity index (χ3n) is 5.18. The van der Waals surface area contributed by atoms with Crippen LogP contribution in [0.5, 0.6) is 5.75 Å². The summed E-state index contributed by atoms with van der Waals surface area (Å²) in [4.78, 5) is 21.9. The summed E-state index contributed by atoms with van der Waals surface area (Å²) >= 11 is 1.34. The number of hydrogen-bond acceptors (Lipinski definition) is 7. The highest BCUT2D eigenvalue weighted by molar-refractivity contribution is 7.20. The first-order chi connectivity index (χ1) is 13.9. The van der Waals surface area contributed by atoms with Crippen molar-refractivity contribution in [2.45, 2.75) is 51.7 Å². The van der Waals surface area contributed by atoms with Gasteiger partial charge in [0.25, 0.3) is 0 Å². The van der Waals surface area contributed by atoms with Gasteiger partial charge in [-0.3, -0.25) is 4.79 Å². The lowest BCUT2D eigenvalue weighted by molar-refractivity contribution is 0.0668. The molecule has 0 atom stereocenters. The monoisotopic (exact) mass is 415 g/mol. The number of ketones is 1. The molecule has 1 aliphatic carbocycles. The fourth-order valence-corrected chi connectivity index (χ4v) is 4.71. The second kappa shape index (κ2) is 8.04. The van der Waals surface area contributed by atoms with Crippen molar-refractivity contribution in [2.24, 2.45) is 0 Å². The average Bonchev–Trinajstić information content (AvgIpc) is 3.04. The molecule has 0 bridgehead atoms. The van der Waals surface area contributed by atoms with Crippen LogP contribution in [0.1, 0.15) is 47.8 Å². The molecule has 2 aromatic heterocycles. The van der Waals surface area contributed by atoms with E-state index >= 15 is 0 Å². The maximum atomic E-state index is 13.9. The van der Waals surface area contributed by atoms with Gasteiger partial charge in [0.05, 0.1) is 28.2 Å². The van der Waals surface area contributed by atoms with Crippen LogP contribution in [-0.4, -0.2) is 33.1 Å². The molecule has 0 spiro atoms. The Labute approximate surface area is 171 Å². The predicted octanol–water partition coefficient (Wildman–Crippen LogP) is 4.77. The zero-order valence-corrected chi connectivity index (χ0v) is 17.1. The van der Waals surface area contributed by atoms with E-state index < -0.39 is 0 Å². The molecule has 0 saturated heterocycles. The van der Waals surface area contributed by atoms with E-state index in [9.17, 15) is 14.3 Å². The number of anilines is 2. The van der Waals surface area contributed by atoms with Crippen molar-refractivity contribution in [1.29, 1.82) is 0 Å². The van der Waals surface area contributed by atoms with Gasteiger partial charge in [0.15, 0.2) is 5.78 Å². The Morgan fingerprint density at radius 3 is 2.76 bits per heavy atom. The number of hydrogen-bond donors (Lipinski definition) is 2. The lowest BCUT2D eigenvalue weighted by Gasteiger charge is -2.27. The van der Waals surface area contributed by atoms with Gasteiger partial charge in [-0.05, 0) is 57.2 Å². The standard InChI is InChI=1S/C21H22FN3O3S/c1-11-18-20(23-10-24-21(18)29-19(11)12(2)26)25-16-8-3-13(22)9-17(16)28-15-6-4-14(27)5-7-15/h3,8-10,14-15,27H,4-7H2,1-2H3,(H,23,24,25). The largest absolute Gasteiger partial charge is 0.488 e. The summed E-state index contributed by atoms with van der Waals surface area (Å²) in [7, 11) is 0. The van der Waals surface area contributed by atoms with E-state index in [-0.39, 0.29) is 23.8 Å². The molecule has 2 heterocycles. The molecule has 0 unspecified atom stereocenters. The van der Waals surface area contributed by atoms with Crippen molar-refractivity contribution in [3.05, 3.63) is 40.8 Å². The number of ether oxygens (including phenoxy) is 1. The molecule has 29 heavy (non-hydrogen) atoms. The van der Waals surface area contributed by atoms with Crippen molar-refractivity contribution >= 4 is 38.8 Å². The number of nitrogens with one attached hydrogen (secondary N) is 1. The Kier molecular flexibility index (Phi) is 5.47. The first kappa shape index (κ1) is 19.7. The molecule has 0 amide bonds. The number of aryl methyl sites for hydroxylation is 1. The highest BCUT2D eigenvalue weighted by Gasteiger charge is 2.23. The Bertz CT molecular complexity index is 1060. The quantitative estimate of drug-likeness (QED) is 0.584. The SMILES string of the molecule is CC(=O)c1sc2ncnc(Nc3ccc(F)cc3OC3CCC(O)CC3)c2c1C. The number of aliphatic hydroxyl groups is 1. The number of nitrogens with zero attached hydrogens (tertiary/aromatic N) is 2. The minimum Gasteiger partial charge on any atom is -0.488 e. The number of thiophene rings is 1. The van der Waals surface area contributed by atoms with Crippen molar-refractivity contribution < 1.29 is 19.0 Å². The third kappa shape index (κ3) is 4.09. The third-order valence-corrected chi connectivity index (χ3v) is 6.48. The van der Waals surface area contributed by atoms with E-state index in [2.05, 4.69) is 15.3 Å². The summed E-state index contributed by atoms with van der Waals surface area (Å²) in [5, 5.41) is 13.7. The summed E-state index contributed by atoms with van der Waals surface area (Å²) in [6.07, 6.45) is 3.89. The molecular formula is C21H22FN3O3S. The van der Waals surface area contributed by atoms with Gasteiger partial charge in [0.2, 0.25) is 0 Å². The number of aromatic nitrogens is 2. The highest BCUT2D eigenvalue weighted by atomic mass is 32.1. The molecule has 1 fully saturated rings. The minimum atomic E-state index is -0.389. The van der Waals surface area contributed by atoms with Crippen LogP contribution >= 0.6 is 11.3 Å². The molecule has 152 valence electrons. The Balaban J connectivity index is 1.67. The van der Waals surface area contributed by atoms with Gasteiger partial charge in [-0.2, -0.15) is 0 Å². The zero-order valence-electron chi connectivity index (χ0n) is 16.2. The summed E-state index contributed by atoms with van der Waals surface area (Å²) in [5.41, 5.74) is 1.42. The molecular weight excluding hydrogens is 393 g/mol. The maximum absolute atomic E-state index is 13.9. The van der Waals surface area contributed by atoms with E-state index in [1.165, 1.54) is 36.7 Å². The minimum absolute atomic E-state index is 0.0123. The number of halogens is 1. The molecule has 0 aliphatic heterocycles. The normalized spacial score (nSPS) is 19.3. The van der Waals surface area contributed by atoms with E-state index in [1.807, 2.05) is 6.92 Å². The second-order valence-electron chi connectivity index (χ2n) is 7.33. The number of carbonyl (C=O) groups is 1. The van der Waals surface area contributed by atoms with Crippen molar-refractivity contribution in [1.82, 2.24) is 9.97 Å². The Hall–Kier alpha value is -2.58. The Morgan fingerprint density at radius 1 is 1.28 bits per heavy atom. The maximum Gasteiger partial charge on any atom is 0.170 e. The molecule has 1 aromatic carbocycles. The fraction of sp³-hybridized carbons (Fsp3) is 0.381. The topological polar surface area (TPSA) is 84.3 Å². The van der Waals surface area contributed by atoms with Gasteiger partial charge in [-0.15, -0.1) is 11.3 Å². The molecule has 0 radical (unpaired) electrons. The summed E-state index contributed by atoms with van der Waals surface area (Å²) in [6.45, 7) is 3.41. The number of rotatable bonds is 5. The van der Waals surface area contributed by atoms with Crippen LogP contribution in [0.2, 0.25) is 0 Å². The van der Waals surface area contributed by atoms with Crippen LogP contribution in [0.15, 0.2) is 24.5 Å². The van der Waals surface area contributed by atoms with Gasteiger partial charge in [0.1, 0.15) is 28.5 Å². The van der Waals surface area contributed by atoms with E-state index in [1.54, 1.807) is 6.07 Å². The van der Waals surface area contributed by atoms with E-state index in [0.29, 0.717) is 35.0 Å². The van der Waals surface area contributed by atoms with Crippen LogP contribution in [0.3, 0.4) is 0 Å². The van der Waals surface area contributed by atoms with Crippen LogP contribution in [-0.2, 0) is 0 Å².